The molecule has 3 nitrogen and oxygen atoms in total. The van der Waals surface area contributed by atoms with Gasteiger partial charge in [-0.15, -0.1) is 11.3 Å². The van der Waals surface area contributed by atoms with Gasteiger partial charge in [0.15, 0.2) is 5.78 Å². The molecule has 1 aromatic heterocycles. The van der Waals surface area contributed by atoms with E-state index in [1.165, 1.54) is 18.3 Å². The fourth-order valence-corrected chi connectivity index (χ4v) is 1.61. The first kappa shape index (κ1) is 10.3. The van der Waals surface area contributed by atoms with Crippen LogP contribution in [0.5, 0.6) is 0 Å². The molecule has 0 spiro atoms. The molecular weight excluding hydrogens is 186 g/mol. The van der Waals surface area contributed by atoms with Gasteiger partial charge in [0.1, 0.15) is 10.7 Å². The highest BCUT2D eigenvalue weighted by molar-refractivity contribution is 7.09. The first-order chi connectivity index (χ1) is 6.24. The molecule has 0 atom stereocenters. The minimum Gasteiger partial charge on any atom is -0.374 e. The average molecular weight is 199 g/mol. The van der Waals surface area contributed by atoms with Crippen molar-refractivity contribution in [2.75, 3.05) is 6.61 Å². The van der Waals surface area contributed by atoms with Crippen molar-refractivity contribution >= 4 is 17.1 Å². The van der Waals surface area contributed by atoms with E-state index in [2.05, 4.69) is 11.9 Å². The summed E-state index contributed by atoms with van der Waals surface area (Å²) in [6.07, 6.45) is 1.00. The maximum atomic E-state index is 10.9. The number of hydrogen-bond donors (Lipinski definition) is 0. The molecule has 0 saturated heterocycles. The SMILES string of the molecule is CCCOCc1nc(C(C)=O)cs1. The first-order valence-electron chi connectivity index (χ1n) is 4.27. The van der Waals surface area contributed by atoms with Gasteiger partial charge < -0.3 is 4.74 Å². The summed E-state index contributed by atoms with van der Waals surface area (Å²) in [5.41, 5.74) is 0.542. The summed E-state index contributed by atoms with van der Waals surface area (Å²) in [6, 6.07) is 0. The van der Waals surface area contributed by atoms with Crippen molar-refractivity contribution in [3.8, 4) is 0 Å². The number of ketones is 1. The third-order valence-electron chi connectivity index (χ3n) is 1.49. The Morgan fingerprint density at radius 1 is 1.69 bits per heavy atom. The minimum atomic E-state index is 0.0120. The number of thiazole rings is 1. The number of hydrogen-bond acceptors (Lipinski definition) is 4. The van der Waals surface area contributed by atoms with Crippen LogP contribution in [0.1, 0.15) is 35.8 Å². The van der Waals surface area contributed by atoms with Gasteiger partial charge in [-0.1, -0.05) is 6.92 Å². The van der Waals surface area contributed by atoms with Crippen LogP contribution < -0.4 is 0 Å². The summed E-state index contributed by atoms with van der Waals surface area (Å²) < 4.78 is 5.30. The average Bonchev–Trinajstić information content (AvgIpc) is 2.53. The Balaban J connectivity index is 2.44. The lowest BCUT2D eigenvalue weighted by Crippen LogP contribution is -1.96. The van der Waals surface area contributed by atoms with E-state index in [9.17, 15) is 4.79 Å². The molecule has 4 heteroatoms. The maximum absolute atomic E-state index is 10.9. The van der Waals surface area contributed by atoms with Crippen LogP contribution in [0.4, 0.5) is 0 Å². The molecule has 0 aliphatic rings. The molecule has 0 radical (unpaired) electrons. The lowest BCUT2D eigenvalue weighted by molar-refractivity contribution is 0.101. The van der Waals surface area contributed by atoms with Crippen molar-refractivity contribution < 1.29 is 9.53 Å². The zero-order chi connectivity index (χ0) is 9.68. The molecule has 0 bridgehead atoms. The Kier molecular flexibility index (Phi) is 4.05. The van der Waals surface area contributed by atoms with Gasteiger partial charge in [0, 0.05) is 18.9 Å². The highest BCUT2D eigenvalue weighted by Gasteiger charge is 2.05. The van der Waals surface area contributed by atoms with Crippen molar-refractivity contribution in [3.63, 3.8) is 0 Å². The molecule has 0 saturated carbocycles. The zero-order valence-corrected chi connectivity index (χ0v) is 8.69. The Morgan fingerprint density at radius 2 is 2.46 bits per heavy atom. The number of rotatable bonds is 5. The van der Waals surface area contributed by atoms with Crippen LogP contribution in [0.2, 0.25) is 0 Å². The van der Waals surface area contributed by atoms with Gasteiger partial charge in [-0.2, -0.15) is 0 Å². The molecule has 1 aromatic rings. The van der Waals surface area contributed by atoms with Crippen molar-refractivity contribution in [1.82, 2.24) is 4.98 Å². The predicted octanol–water partition coefficient (Wildman–Crippen LogP) is 2.27. The fraction of sp³-hybridized carbons (Fsp3) is 0.556. The molecule has 0 N–H and O–H groups in total. The predicted molar refractivity (Wildman–Crippen MR) is 52.1 cm³/mol. The van der Waals surface area contributed by atoms with E-state index in [1.807, 2.05) is 0 Å². The molecule has 0 aromatic carbocycles. The summed E-state index contributed by atoms with van der Waals surface area (Å²) in [6.45, 7) is 4.84. The van der Waals surface area contributed by atoms with Crippen LogP contribution in [0, 0.1) is 0 Å². The lowest BCUT2D eigenvalue weighted by Gasteiger charge is -1.96. The largest absolute Gasteiger partial charge is 0.374 e. The molecular formula is C9H13NO2S. The third kappa shape index (κ3) is 3.24. The van der Waals surface area contributed by atoms with Crippen LogP contribution in [0.15, 0.2) is 5.38 Å². The van der Waals surface area contributed by atoms with E-state index in [4.69, 9.17) is 4.74 Å². The third-order valence-corrected chi connectivity index (χ3v) is 2.31. The minimum absolute atomic E-state index is 0.0120. The molecule has 1 rings (SSSR count). The number of aromatic nitrogens is 1. The van der Waals surface area contributed by atoms with Crippen molar-refractivity contribution in [3.05, 3.63) is 16.1 Å². The van der Waals surface area contributed by atoms with Crippen molar-refractivity contribution in [2.45, 2.75) is 26.9 Å². The van der Waals surface area contributed by atoms with Gasteiger partial charge in [0.25, 0.3) is 0 Å². The Morgan fingerprint density at radius 3 is 3.00 bits per heavy atom. The molecule has 0 amide bonds. The van der Waals surface area contributed by atoms with Crippen LogP contribution in [0.25, 0.3) is 0 Å². The Bertz CT molecular complexity index is 283. The van der Waals surface area contributed by atoms with Crippen LogP contribution in [-0.2, 0) is 11.3 Å². The Hall–Kier alpha value is -0.740. The summed E-state index contributed by atoms with van der Waals surface area (Å²) in [5.74, 6) is 0.0120. The van der Waals surface area contributed by atoms with Crippen LogP contribution in [0.3, 0.4) is 0 Å². The molecule has 0 fully saturated rings. The smallest absolute Gasteiger partial charge is 0.178 e. The quantitative estimate of drug-likeness (QED) is 0.539. The highest BCUT2D eigenvalue weighted by atomic mass is 32.1. The number of nitrogens with zero attached hydrogens (tertiary/aromatic N) is 1. The van der Waals surface area contributed by atoms with Gasteiger partial charge in [-0.25, -0.2) is 4.98 Å². The summed E-state index contributed by atoms with van der Waals surface area (Å²) >= 11 is 1.47. The molecule has 0 aliphatic heterocycles. The van der Waals surface area contributed by atoms with Gasteiger partial charge in [-0.05, 0) is 6.42 Å². The summed E-state index contributed by atoms with van der Waals surface area (Å²) in [5, 5.41) is 2.64. The lowest BCUT2D eigenvalue weighted by atomic mass is 10.4. The second kappa shape index (κ2) is 5.09. The van der Waals surface area contributed by atoms with E-state index in [0.717, 1.165) is 18.0 Å². The van der Waals surface area contributed by atoms with Gasteiger partial charge >= 0.3 is 0 Å². The molecule has 0 unspecified atom stereocenters. The topological polar surface area (TPSA) is 39.2 Å². The number of carbonyl (C=O) groups is 1. The molecule has 0 aliphatic carbocycles. The maximum Gasteiger partial charge on any atom is 0.178 e. The van der Waals surface area contributed by atoms with E-state index >= 15 is 0 Å². The highest BCUT2D eigenvalue weighted by Crippen LogP contribution is 2.11. The van der Waals surface area contributed by atoms with Crippen molar-refractivity contribution in [1.29, 1.82) is 0 Å². The van der Waals surface area contributed by atoms with E-state index in [1.54, 1.807) is 5.38 Å². The van der Waals surface area contributed by atoms with Crippen LogP contribution >= 0.6 is 11.3 Å². The van der Waals surface area contributed by atoms with E-state index in [-0.39, 0.29) is 5.78 Å². The van der Waals surface area contributed by atoms with Gasteiger partial charge in [0.05, 0.1) is 6.61 Å². The Labute approximate surface area is 81.8 Å². The zero-order valence-electron chi connectivity index (χ0n) is 7.87. The van der Waals surface area contributed by atoms with Crippen molar-refractivity contribution in [2.24, 2.45) is 0 Å². The summed E-state index contributed by atoms with van der Waals surface area (Å²) in [7, 11) is 0. The molecule has 72 valence electrons. The fourth-order valence-electron chi connectivity index (χ4n) is 0.843. The second-order valence-corrected chi connectivity index (χ2v) is 3.68. The van der Waals surface area contributed by atoms with Crippen LogP contribution in [-0.4, -0.2) is 17.4 Å². The number of Topliss-reactive ketones (excluding diaryl/α,β-unsaturated/α-hetero) is 1. The molecule has 13 heavy (non-hydrogen) atoms. The van der Waals surface area contributed by atoms with E-state index < -0.39 is 0 Å². The first-order valence-corrected chi connectivity index (χ1v) is 5.15. The normalized spacial score (nSPS) is 10.3. The number of ether oxygens (including phenoxy) is 1. The molecule has 1 heterocycles. The van der Waals surface area contributed by atoms with E-state index in [0.29, 0.717) is 12.3 Å². The standard InChI is InChI=1S/C9H13NO2S/c1-3-4-12-5-9-10-8(6-13-9)7(2)11/h6H,3-5H2,1-2H3. The second-order valence-electron chi connectivity index (χ2n) is 2.74. The summed E-state index contributed by atoms with van der Waals surface area (Å²) in [4.78, 5) is 15.0. The number of carbonyl (C=O) groups excluding carboxylic acids is 1. The van der Waals surface area contributed by atoms with Gasteiger partial charge in [0.2, 0.25) is 0 Å². The van der Waals surface area contributed by atoms with Gasteiger partial charge in [-0.3, -0.25) is 4.79 Å². The monoisotopic (exact) mass is 199 g/mol.